The minimum Gasteiger partial charge on any atom is -0.361 e. The van der Waals surface area contributed by atoms with Crippen LogP contribution in [-0.2, 0) is 17.4 Å². The third kappa shape index (κ3) is 4.99. The molecule has 0 bridgehead atoms. The zero-order chi connectivity index (χ0) is 19.4. The second-order valence-corrected chi connectivity index (χ2v) is 7.34. The minimum atomic E-state index is -4.52. The molecule has 0 aliphatic heterocycles. The van der Waals surface area contributed by atoms with Gasteiger partial charge in [-0.2, -0.15) is 13.2 Å². The van der Waals surface area contributed by atoms with Gasteiger partial charge in [-0.25, -0.2) is 0 Å². The normalized spacial score (nSPS) is 11.7. The van der Waals surface area contributed by atoms with Crippen LogP contribution < -0.4 is 5.32 Å². The molecule has 0 saturated heterocycles. The van der Waals surface area contributed by atoms with Crippen molar-refractivity contribution in [3.63, 3.8) is 0 Å². The molecule has 1 aromatic heterocycles. The van der Waals surface area contributed by atoms with Gasteiger partial charge in [0.25, 0.3) is 0 Å². The lowest BCUT2D eigenvalue weighted by molar-refractivity contribution is -0.137. The van der Waals surface area contributed by atoms with E-state index in [1.165, 1.54) is 12.1 Å². The highest BCUT2D eigenvalue weighted by atomic mass is 35.5. The third-order valence-corrected chi connectivity index (χ3v) is 5.33. The predicted octanol–water partition coefficient (Wildman–Crippen LogP) is 5.29. The van der Waals surface area contributed by atoms with Crippen LogP contribution in [-0.4, -0.2) is 23.2 Å². The van der Waals surface area contributed by atoms with Crippen molar-refractivity contribution in [2.24, 2.45) is 0 Å². The summed E-state index contributed by atoms with van der Waals surface area (Å²) in [5, 5.41) is 3.55. The summed E-state index contributed by atoms with van der Waals surface area (Å²) in [5.74, 6) is -0.198. The Hall–Kier alpha value is -2.12. The summed E-state index contributed by atoms with van der Waals surface area (Å²) >= 11 is 6.63. The van der Waals surface area contributed by atoms with Gasteiger partial charge in [0.15, 0.2) is 0 Å². The Balaban J connectivity index is 1.50. The topological polar surface area (TPSA) is 44.9 Å². The van der Waals surface area contributed by atoms with Crippen LogP contribution in [0.2, 0.25) is 5.02 Å². The van der Waals surface area contributed by atoms with Crippen LogP contribution in [0.4, 0.5) is 13.2 Å². The number of carbonyl (C=O) groups excluding carboxylic acids is 1. The largest absolute Gasteiger partial charge is 0.417 e. The smallest absolute Gasteiger partial charge is 0.361 e. The number of H-pyrrole nitrogens is 1. The Labute approximate surface area is 163 Å². The minimum absolute atomic E-state index is 0.0345. The van der Waals surface area contributed by atoms with Gasteiger partial charge in [0.1, 0.15) is 0 Å². The van der Waals surface area contributed by atoms with Gasteiger partial charge in [0.05, 0.1) is 16.3 Å². The first-order valence-electron chi connectivity index (χ1n) is 8.16. The van der Waals surface area contributed by atoms with Crippen LogP contribution in [0.3, 0.4) is 0 Å². The van der Waals surface area contributed by atoms with E-state index in [9.17, 15) is 18.0 Å². The first kappa shape index (κ1) is 19.6. The summed E-state index contributed by atoms with van der Waals surface area (Å²) < 4.78 is 38.6. The molecule has 1 heterocycles. The lowest BCUT2D eigenvalue weighted by Crippen LogP contribution is -2.27. The fourth-order valence-corrected chi connectivity index (χ4v) is 3.68. The lowest BCUT2D eigenvalue weighted by atomic mass is 10.1. The maximum Gasteiger partial charge on any atom is 0.417 e. The van der Waals surface area contributed by atoms with E-state index in [1.807, 2.05) is 30.5 Å². The monoisotopic (exact) mass is 412 g/mol. The van der Waals surface area contributed by atoms with Crippen LogP contribution in [0.1, 0.15) is 11.1 Å². The van der Waals surface area contributed by atoms with E-state index in [-0.39, 0.29) is 16.7 Å². The molecule has 2 aromatic carbocycles. The number of aromatic amines is 1. The SMILES string of the molecule is O=C(CSc1ccc(Cl)c(C(F)(F)F)c1)NCCc1c[nH]c2ccccc12. The molecule has 0 aliphatic carbocycles. The predicted molar refractivity (Wildman–Crippen MR) is 102 cm³/mol. The summed E-state index contributed by atoms with van der Waals surface area (Å²) in [7, 11) is 0. The number of hydrogen-bond donors (Lipinski definition) is 2. The van der Waals surface area contributed by atoms with E-state index < -0.39 is 11.7 Å². The third-order valence-electron chi connectivity index (χ3n) is 4.00. The van der Waals surface area contributed by atoms with Crippen LogP contribution in [0.25, 0.3) is 10.9 Å². The highest BCUT2D eigenvalue weighted by Gasteiger charge is 2.33. The summed E-state index contributed by atoms with van der Waals surface area (Å²) in [6.45, 7) is 0.454. The van der Waals surface area contributed by atoms with Gasteiger partial charge in [0.2, 0.25) is 5.91 Å². The van der Waals surface area contributed by atoms with Gasteiger partial charge in [-0.05, 0) is 36.2 Å². The molecule has 0 spiro atoms. The van der Waals surface area contributed by atoms with Crippen LogP contribution in [0.15, 0.2) is 53.6 Å². The zero-order valence-electron chi connectivity index (χ0n) is 14.1. The first-order chi connectivity index (χ1) is 12.8. The maximum absolute atomic E-state index is 12.9. The highest BCUT2D eigenvalue weighted by Crippen LogP contribution is 2.36. The van der Waals surface area contributed by atoms with Gasteiger partial charge < -0.3 is 10.3 Å². The average Bonchev–Trinajstić information content (AvgIpc) is 3.03. The van der Waals surface area contributed by atoms with Gasteiger partial charge in [-0.15, -0.1) is 11.8 Å². The zero-order valence-corrected chi connectivity index (χ0v) is 15.6. The van der Waals surface area contributed by atoms with Gasteiger partial charge in [0, 0.05) is 28.5 Å². The number of thioether (sulfide) groups is 1. The number of hydrogen-bond acceptors (Lipinski definition) is 2. The van der Waals surface area contributed by atoms with Crippen molar-refractivity contribution >= 4 is 40.2 Å². The van der Waals surface area contributed by atoms with E-state index in [0.29, 0.717) is 17.9 Å². The molecular formula is C19H16ClF3N2OS. The Morgan fingerprint density at radius 2 is 1.96 bits per heavy atom. The Bertz CT molecular complexity index is 956. The number of benzene rings is 2. The Morgan fingerprint density at radius 3 is 2.74 bits per heavy atom. The molecule has 0 fully saturated rings. The molecule has 142 valence electrons. The Kier molecular flexibility index (Phi) is 6.01. The summed E-state index contributed by atoms with van der Waals surface area (Å²) in [6.07, 6.45) is -1.94. The lowest BCUT2D eigenvalue weighted by Gasteiger charge is -2.10. The molecule has 3 rings (SSSR count). The van der Waals surface area contributed by atoms with E-state index in [0.717, 1.165) is 34.3 Å². The summed E-state index contributed by atoms with van der Waals surface area (Å²) in [5.41, 5.74) is 1.25. The van der Waals surface area contributed by atoms with Crippen molar-refractivity contribution in [1.82, 2.24) is 10.3 Å². The van der Waals surface area contributed by atoms with Crippen molar-refractivity contribution in [3.05, 3.63) is 64.8 Å². The average molecular weight is 413 g/mol. The standard InChI is InChI=1S/C19H16ClF3N2OS/c20-16-6-5-13(9-15(16)19(21,22)23)27-11-18(26)24-8-7-12-10-25-17-4-2-1-3-14(12)17/h1-6,9-10,25H,7-8,11H2,(H,24,26). The molecule has 3 nitrogen and oxygen atoms in total. The highest BCUT2D eigenvalue weighted by molar-refractivity contribution is 8.00. The molecule has 0 aliphatic rings. The molecule has 0 unspecified atom stereocenters. The number of para-hydroxylation sites is 1. The van der Waals surface area contributed by atoms with Crippen molar-refractivity contribution in [1.29, 1.82) is 0 Å². The fourth-order valence-electron chi connectivity index (χ4n) is 2.69. The van der Waals surface area contributed by atoms with E-state index in [2.05, 4.69) is 10.3 Å². The van der Waals surface area contributed by atoms with Crippen molar-refractivity contribution in [2.75, 3.05) is 12.3 Å². The van der Waals surface area contributed by atoms with Crippen molar-refractivity contribution < 1.29 is 18.0 Å². The number of rotatable bonds is 6. The fraction of sp³-hybridized carbons (Fsp3) is 0.211. The number of alkyl halides is 3. The molecule has 0 atom stereocenters. The quantitative estimate of drug-likeness (QED) is 0.540. The first-order valence-corrected chi connectivity index (χ1v) is 9.52. The van der Waals surface area contributed by atoms with Gasteiger partial charge in [-0.3, -0.25) is 4.79 Å². The van der Waals surface area contributed by atoms with Crippen LogP contribution in [0.5, 0.6) is 0 Å². The van der Waals surface area contributed by atoms with Crippen molar-refractivity contribution in [2.45, 2.75) is 17.5 Å². The number of nitrogens with one attached hydrogen (secondary N) is 2. The maximum atomic E-state index is 12.9. The molecular weight excluding hydrogens is 397 g/mol. The molecule has 1 amide bonds. The van der Waals surface area contributed by atoms with Gasteiger partial charge in [-0.1, -0.05) is 29.8 Å². The molecule has 3 aromatic rings. The van der Waals surface area contributed by atoms with Gasteiger partial charge >= 0.3 is 6.18 Å². The van der Waals surface area contributed by atoms with Crippen LogP contribution in [0, 0.1) is 0 Å². The molecule has 27 heavy (non-hydrogen) atoms. The second-order valence-electron chi connectivity index (χ2n) is 5.89. The second kappa shape index (κ2) is 8.27. The molecule has 8 heteroatoms. The van der Waals surface area contributed by atoms with E-state index in [1.54, 1.807) is 0 Å². The number of aromatic nitrogens is 1. The molecule has 2 N–H and O–H groups in total. The van der Waals surface area contributed by atoms with Crippen LogP contribution >= 0.6 is 23.4 Å². The van der Waals surface area contributed by atoms with Crippen molar-refractivity contribution in [3.8, 4) is 0 Å². The number of fused-ring (bicyclic) bond motifs is 1. The van der Waals surface area contributed by atoms with E-state index >= 15 is 0 Å². The molecule has 0 radical (unpaired) electrons. The van der Waals surface area contributed by atoms with E-state index in [4.69, 9.17) is 11.6 Å². The summed E-state index contributed by atoms with van der Waals surface area (Å²) in [4.78, 5) is 15.5. The molecule has 0 saturated carbocycles. The Morgan fingerprint density at radius 1 is 1.19 bits per heavy atom. The number of halogens is 4. The summed E-state index contributed by atoms with van der Waals surface area (Å²) in [6, 6.07) is 11.5. The number of amides is 1. The number of carbonyl (C=O) groups is 1.